The maximum Gasteiger partial charge on any atom is 0.328 e. The first-order valence-corrected chi connectivity index (χ1v) is 3.96. The number of aliphatic carboxylic acids is 1. The molecule has 1 aromatic rings. The van der Waals surface area contributed by atoms with Gasteiger partial charge < -0.3 is 10.8 Å². The summed E-state index contributed by atoms with van der Waals surface area (Å²) in [4.78, 5) is 14.5. The molecule has 0 spiro atoms. The second-order valence-electron chi connectivity index (χ2n) is 2.87. The molecule has 0 aliphatic carbocycles. The Bertz CT molecular complexity index is 339. The van der Waals surface area contributed by atoms with E-state index in [1.807, 2.05) is 0 Å². The van der Waals surface area contributed by atoms with Crippen LogP contribution >= 0.6 is 11.6 Å². The van der Waals surface area contributed by atoms with Crippen molar-refractivity contribution in [1.82, 2.24) is 4.98 Å². The minimum absolute atomic E-state index is 0.232. The highest BCUT2D eigenvalue weighted by Gasteiger charge is 2.30. The SMILES string of the molecule is C[C@@](N)(C(=O)O)c1ccnc(Cl)c1. The second kappa shape index (κ2) is 3.32. The van der Waals surface area contributed by atoms with E-state index in [0.717, 1.165) is 0 Å². The molecule has 0 fully saturated rings. The van der Waals surface area contributed by atoms with Gasteiger partial charge in [-0.3, -0.25) is 0 Å². The second-order valence-corrected chi connectivity index (χ2v) is 3.26. The molecule has 3 N–H and O–H groups in total. The third-order valence-electron chi connectivity index (χ3n) is 1.77. The molecule has 0 saturated heterocycles. The van der Waals surface area contributed by atoms with Crippen LogP contribution < -0.4 is 5.73 Å². The van der Waals surface area contributed by atoms with Crippen LogP contribution in [0.2, 0.25) is 5.15 Å². The summed E-state index contributed by atoms with van der Waals surface area (Å²) in [7, 11) is 0. The summed E-state index contributed by atoms with van der Waals surface area (Å²) in [6.07, 6.45) is 1.42. The Morgan fingerprint density at radius 2 is 2.38 bits per heavy atom. The molecule has 1 rings (SSSR count). The van der Waals surface area contributed by atoms with Crippen LogP contribution in [0.15, 0.2) is 18.3 Å². The van der Waals surface area contributed by atoms with E-state index >= 15 is 0 Å². The first kappa shape index (κ1) is 9.95. The van der Waals surface area contributed by atoms with Gasteiger partial charge in [0.25, 0.3) is 0 Å². The maximum atomic E-state index is 10.7. The highest BCUT2D eigenvalue weighted by molar-refractivity contribution is 6.29. The highest BCUT2D eigenvalue weighted by Crippen LogP contribution is 2.19. The predicted molar refractivity (Wildman–Crippen MR) is 48.4 cm³/mol. The third-order valence-corrected chi connectivity index (χ3v) is 1.98. The molecule has 5 heteroatoms. The number of carboxylic acids is 1. The number of hydrogen-bond donors (Lipinski definition) is 2. The van der Waals surface area contributed by atoms with Crippen molar-refractivity contribution in [3.05, 3.63) is 29.0 Å². The van der Waals surface area contributed by atoms with E-state index in [4.69, 9.17) is 22.4 Å². The average molecular weight is 201 g/mol. The van der Waals surface area contributed by atoms with E-state index < -0.39 is 11.5 Å². The molecule has 0 saturated carbocycles. The summed E-state index contributed by atoms with van der Waals surface area (Å²) in [5.41, 5.74) is 4.57. The van der Waals surface area contributed by atoms with Gasteiger partial charge in [-0.15, -0.1) is 0 Å². The van der Waals surface area contributed by atoms with Crippen LogP contribution in [0.1, 0.15) is 12.5 Å². The van der Waals surface area contributed by atoms with Gasteiger partial charge in [0.2, 0.25) is 0 Å². The molecule has 0 aliphatic heterocycles. The summed E-state index contributed by atoms with van der Waals surface area (Å²) in [5.74, 6) is -1.10. The molecular weight excluding hydrogens is 192 g/mol. The lowest BCUT2D eigenvalue weighted by molar-refractivity contribution is -0.143. The van der Waals surface area contributed by atoms with Crippen molar-refractivity contribution < 1.29 is 9.90 Å². The number of pyridine rings is 1. The number of rotatable bonds is 2. The van der Waals surface area contributed by atoms with E-state index in [9.17, 15) is 4.79 Å². The van der Waals surface area contributed by atoms with Crippen molar-refractivity contribution in [3.8, 4) is 0 Å². The van der Waals surface area contributed by atoms with Crippen molar-refractivity contribution in [2.45, 2.75) is 12.5 Å². The molecule has 0 unspecified atom stereocenters. The van der Waals surface area contributed by atoms with Gasteiger partial charge in [0, 0.05) is 6.20 Å². The Kier molecular flexibility index (Phi) is 2.54. The minimum Gasteiger partial charge on any atom is -0.480 e. The fourth-order valence-corrected chi connectivity index (χ4v) is 1.02. The number of aromatic nitrogens is 1. The van der Waals surface area contributed by atoms with Crippen LogP contribution in [-0.4, -0.2) is 16.1 Å². The Morgan fingerprint density at radius 3 is 2.85 bits per heavy atom. The first-order chi connectivity index (χ1) is 5.94. The fraction of sp³-hybridized carbons (Fsp3) is 0.250. The van der Waals surface area contributed by atoms with Crippen molar-refractivity contribution in [2.24, 2.45) is 5.73 Å². The summed E-state index contributed by atoms with van der Waals surface area (Å²) < 4.78 is 0. The van der Waals surface area contributed by atoms with Gasteiger partial charge in [0.1, 0.15) is 10.7 Å². The highest BCUT2D eigenvalue weighted by atomic mass is 35.5. The van der Waals surface area contributed by atoms with Crippen LogP contribution in [0.25, 0.3) is 0 Å². The molecule has 13 heavy (non-hydrogen) atoms. The lowest BCUT2D eigenvalue weighted by atomic mass is 9.95. The molecule has 0 bridgehead atoms. The zero-order chi connectivity index (χ0) is 10.1. The average Bonchev–Trinajstić information content (AvgIpc) is 2.04. The molecule has 1 atom stereocenters. The quantitative estimate of drug-likeness (QED) is 0.699. The molecule has 70 valence electrons. The topological polar surface area (TPSA) is 76.2 Å². The number of carbonyl (C=O) groups is 1. The van der Waals surface area contributed by atoms with Crippen LogP contribution in [0.5, 0.6) is 0 Å². The van der Waals surface area contributed by atoms with E-state index in [-0.39, 0.29) is 5.15 Å². The van der Waals surface area contributed by atoms with Crippen molar-refractivity contribution in [2.75, 3.05) is 0 Å². The van der Waals surface area contributed by atoms with E-state index in [1.54, 1.807) is 0 Å². The smallest absolute Gasteiger partial charge is 0.328 e. The van der Waals surface area contributed by atoms with Crippen molar-refractivity contribution in [3.63, 3.8) is 0 Å². The van der Waals surface area contributed by atoms with E-state index in [2.05, 4.69) is 4.98 Å². The lowest BCUT2D eigenvalue weighted by Crippen LogP contribution is -2.41. The molecule has 1 heterocycles. The van der Waals surface area contributed by atoms with Gasteiger partial charge >= 0.3 is 5.97 Å². The Labute approximate surface area is 80.3 Å². The van der Waals surface area contributed by atoms with Crippen LogP contribution in [0.3, 0.4) is 0 Å². The van der Waals surface area contributed by atoms with Gasteiger partial charge in [-0.05, 0) is 24.6 Å². The number of carboxylic acid groups (broad SMARTS) is 1. The van der Waals surface area contributed by atoms with Gasteiger partial charge in [-0.2, -0.15) is 0 Å². The summed E-state index contributed by atoms with van der Waals surface area (Å²) >= 11 is 5.60. The van der Waals surface area contributed by atoms with Crippen molar-refractivity contribution in [1.29, 1.82) is 0 Å². The molecule has 4 nitrogen and oxygen atoms in total. The fourth-order valence-electron chi connectivity index (χ4n) is 0.849. The minimum atomic E-state index is -1.42. The van der Waals surface area contributed by atoms with E-state index in [1.165, 1.54) is 25.3 Å². The van der Waals surface area contributed by atoms with Crippen LogP contribution in [-0.2, 0) is 10.3 Å². The molecule has 0 aromatic carbocycles. The standard InChI is InChI=1S/C8H9ClN2O2/c1-8(10,7(12)13)5-2-3-11-6(9)4-5/h2-4H,10H2,1H3,(H,12,13)/t8-/m0/s1. The number of halogens is 1. The molecule has 0 aliphatic rings. The normalized spacial score (nSPS) is 15.0. The molecule has 0 amide bonds. The van der Waals surface area contributed by atoms with Gasteiger partial charge in [-0.25, -0.2) is 9.78 Å². The largest absolute Gasteiger partial charge is 0.480 e. The number of nitrogens with zero attached hydrogens (tertiary/aromatic N) is 1. The molecular formula is C8H9ClN2O2. The zero-order valence-electron chi connectivity index (χ0n) is 6.99. The maximum absolute atomic E-state index is 10.7. The Morgan fingerprint density at radius 1 is 1.77 bits per heavy atom. The third kappa shape index (κ3) is 1.96. The molecule has 1 aromatic heterocycles. The molecule has 0 radical (unpaired) electrons. The lowest BCUT2D eigenvalue weighted by Gasteiger charge is -2.19. The predicted octanol–water partition coefficient (Wildman–Crippen LogP) is 0.994. The van der Waals surface area contributed by atoms with Crippen LogP contribution in [0, 0.1) is 0 Å². The van der Waals surface area contributed by atoms with Gasteiger partial charge in [0.05, 0.1) is 0 Å². The first-order valence-electron chi connectivity index (χ1n) is 3.59. The van der Waals surface area contributed by atoms with Crippen LogP contribution in [0.4, 0.5) is 0 Å². The summed E-state index contributed by atoms with van der Waals surface area (Å²) in [6, 6.07) is 2.97. The van der Waals surface area contributed by atoms with Crippen molar-refractivity contribution >= 4 is 17.6 Å². The monoisotopic (exact) mass is 200 g/mol. The summed E-state index contributed by atoms with van der Waals surface area (Å²) in [5, 5.41) is 9.03. The van der Waals surface area contributed by atoms with Gasteiger partial charge in [0.15, 0.2) is 0 Å². The summed E-state index contributed by atoms with van der Waals surface area (Å²) in [6.45, 7) is 1.40. The Hall–Kier alpha value is -1.13. The van der Waals surface area contributed by atoms with Gasteiger partial charge in [-0.1, -0.05) is 11.6 Å². The van der Waals surface area contributed by atoms with E-state index in [0.29, 0.717) is 5.56 Å². The zero-order valence-corrected chi connectivity index (χ0v) is 7.75. The number of hydrogen-bond acceptors (Lipinski definition) is 3. The Balaban J connectivity index is 3.14. The number of nitrogens with two attached hydrogens (primary N) is 1.